The van der Waals surface area contributed by atoms with Gasteiger partial charge < -0.3 is 9.40 Å². The molecular formula is C45H53GeIrN3O-2. The van der Waals surface area contributed by atoms with E-state index in [1.165, 1.54) is 54.4 Å². The van der Waals surface area contributed by atoms with Gasteiger partial charge in [0.15, 0.2) is 0 Å². The van der Waals surface area contributed by atoms with Gasteiger partial charge >= 0.3 is 163 Å². The Morgan fingerprint density at radius 2 is 1.61 bits per heavy atom. The number of pyridine rings is 3. The van der Waals surface area contributed by atoms with Gasteiger partial charge in [-0.05, 0) is 35.7 Å². The van der Waals surface area contributed by atoms with Crippen molar-refractivity contribution in [2.45, 2.75) is 103 Å². The second-order valence-electron chi connectivity index (χ2n) is 16.8. The van der Waals surface area contributed by atoms with E-state index in [2.05, 4.69) is 117 Å². The van der Waals surface area contributed by atoms with Gasteiger partial charge in [-0.15, -0.1) is 18.2 Å². The number of furan rings is 1. The van der Waals surface area contributed by atoms with Crippen LogP contribution in [0.4, 0.5) is 0 Å². The molecule has 0 aliphatic heterocycles. The van der Waals surface area contributed by atoms with Crippen molar-refractivity contribution in [2.24, 2.45) is 11.3 Å². The summed E-state index contributed by atoms with van der Waals surface area (Å²) < 4.78 is 7.56. The summed E-state index contributed by atoms with van der Waals surface area (Å²) in [6.45, 7) is 11.4. The molecule has 0 amide bonds. The number of hydrogen-bond donors (Lipinski definition) is 0. The summed E-state index contributed by atoms with van der Waals surface area (Å²) in [5, 5.41) is 2.07. The van der Waals surface area contributed by atoms with Crippen LogP contribution in [0, 0.1) is 23.5 Å². The van der Waals surface area contributed by atoms with Crippen LogP contribution in [0.25, 0.3) is 44.6 Å². The molecule has 0 spiro atoms. The Bertz CT molecular complexity index is 2060. The third kappa shape index (κ3) is 9.86. The van der Waals surface area contributed by atoms with Crippen LogP contribution in [0.2, 0.25) is 17.3 Å². The zero-order valence-corrected chi connectivity index (χ0v) is 36.2. The van der Waals surface area contributed by atoms with E-state index in [0.717, 1.165) is 52.1 Å². The first-order valence-electron chi connectivity index (χ1n) is 18.5. The van der Waals surface area contributed by atoms with Crippen molar-refractivity contribution in [1.29, 1.82) is 0 Å². The molecule has 7 rings (SSSR count). The summed E-state index contributed by atoms with van der Waals surface area (Å²) in [5.41, 5.74) is 10.0. The number of fused-ring (bicyclic) bond motifs is 3. The van der Waals surface area contributed by atoms with Gasteiger partial charge in [-0.25, -0.2) is 4.98 Å². The minimum Gasteiger partial charge on any atom is 0 e. The SMILES string of the molecule is CC(C)(C)Cc1ccnc(-c2[c-]ccc3c2oc2ncccc23)c1.CC(C)Cc1cc(-c2[c-]ccc(C3CCCCC3)c2)nc[c]1[Ge]([CH3])([CH3])[CH3].[Ir]. The van der Waals surface area contributed by atoms with Crippen molar-refractivity contribution in [2.75, 3.05) is 0 Å². The first-order valence-corrected chi connectivity index (χ1v) is 25.8. The quantitative estimate of drug-likeness (QED) is 0.118. The molecule has 0 atom stereocenters. The molecule has 0 bridgehead atoms. The van der Waals surface area contributed by atoms with Crippen LogP contribution in [0.1, 0.15) is 89.3 Å². The summed E-state index contributed by atoms with van der Waals surface area (Å²) in [7, 11) is 0. The zero-order chi connectivity index (χ0) is 35.5. The van der Waals surface area contributed by atoms with Gasteiger partial charge in [-0.1, -0.05) is 43.4 Å². The normalized spacial score (nSPS) is 14.0. The summed E-state index contributed by atoms with van der Waals surface area (Å²) in [4.78, 5) is 13.8. The van der Waals surface area contributed by atoms with Gasteiger partial charge in [-0.2, -0.15) is 0 Å². The number of nitrogens with zero attached hydrogens (tertiary/aromatic N) is 3. The second-order valence-corrected chi connectivity index (χ2v) is 27.4. The predicted molar refractivity (Wildman–Crippen MR) is 213 cm³/mol. The molecular weight excluding hydrogens is 863 g/mol. The molecule has 1 aliphatic rings. The van der Waals surface area contributed by atoms with Crippen LogP contribution in [0.15, 0.2) is 83.7 Å². The van der Waals surface area contributed by atoms with Gasteiger partial charge in [0.2, 0.25) is 5.71 Å². The Labute approximate surface area is 322 Å². The molecule has 6 aromatic rings. The maximum atomic E-state index is 6.00. The van der Waals surface area contributed by atoms with Crippen LogP contribution >= 0.6 is 0 Å². The van der Waals surface area contributed by atoms with E-state index in [0.29, 0.717) is 11.6 Å². The zero-order valence-electron chi connectivity index (χ0n) is 31.7. The van der Waals surface area contributed by atoms with Crippen LogP contribution in [0.3, 0.4) is 0 Å². The first-order chi connectivity index (χ1) is 23.9. The topological polar surface area (TPSA) is 51.8 Å². The first kappa shape index (κ1) is 39.1. The van der Waals surface area contributed by atoms with Gasteiger partial charge in [0, 0.05) is 37.9 Å². The van der Waals surface area contributed by atoms with Crippen molar-refractivity contribution < 1.29 is 24.5 Å². The van der Waals surface area contributed by atoms with E-state index in [-0.39, 0.29) is 25.5 Å². The van der Waals surface area contributed by atoms with Gasteiger partial charge in [0.25, 0.3) is 0 Å². The van der Waals surface area contributed by atoms with Crippen molar-refractivity contribution in [1.82, 2.24) is 15.0 Å². The van der Waals surface area contributed by atoms with E-state index in [1.54, 1.807) is 10.6 Å². The molecule has 1 fully saturated rings. The van der Waals surface area contributed by atoms with E-state index in [9.17, 15) is 0 Å². The molecule has 2 aromatic carbocycles. The van der Waals surface area contributed by atoms with E-state index in [1.807, 2.05) is 30.5 Å². The minimum absolute atomic E-state index is 0. The third-order valence-corrected chi connectivity index (χ3v) is 14.0. The second kappa shape index (κ2) is 16.7. The summed E-state index contributed by atoms with van der Waals surface area (Å²) in [6.07, 6.45) is 14.8. The monoisotopic (exact) mass is 918 g/mol. The number of benzene rings is 2. The van der Waals surface area contributed by atoms with Crippen molar-refractivity contribution in [3.05, 3.63) is 108 Å². The summed E-state index contributed by atoms with van der Waals surface area (Å²) in [5.74, 6) is 8.81. The Hall–Kier alpha value is -3.12. The van der Waals surface area contributed by atoms with Gasteiger partial charge in [-0.3, -0.25) is 0 Å². The molecule has 0 saturated heterocycles. The van der Waals surface area contributed by atoms with Crippen molar-refractivity contribution in [3.63, 3.8) is 0 Å². The average Bonchev–Trinajstić information content (AvgIpc) is 3.47. The van der Waals surface area contributed by atoms with Crippen LogP contribution in [0.5, 0.6) is 0 Å². The number of aromatic nitrogens is 3. The third-order valence-electron chi connectivity index (χ3n) is 9.63. The van der Waals surface area contributed by atoms with Crippen LogP contribution in [-0.2, 0) is 32.9 Å². The number of hydrogen-bond acceptors (Lipinski definition) is 4. The maximum absolute atomic E-state index is 6.00. The Kier molecular flexibility index (Phi) is 12.8. The fourth-order valence-corrected chi connectivity index (χ4v) is 10.7. The van der Waals surface area contributed by atoms with E-state index >= 15 is 0 Å². The molecule has 4 heterocycles. The molecule has 51 heavy (non-hydrogen) atoms. The van der Waals surface area contributed by atoms with Crippen LogP contribution < -0.4 is 4.40 Å². The Morgan fingerprint density at radius 3 is 2.33 bits per heavy atom. The van der Waals surface area contributed by atoms with Gasteiger partial charge in [0.05, 0.1) is 5.58 Å². The Balaban J connectivity index is 0.000000194. The summed E-state index contributed by atoms with van der Waals surface area (Å²) in [6, 6.07) is 28.0. The predicted octanol–water partition coefficient (Wildman–Crippen LogP) is 11.8. The molecule has 0 N–H and O–H groups in total. The minimum atomic E-state index is -1.91. The van der Waals surface area contributed by atoms with Crippen molar-refractivity contribution >= 4 is 39.7 Å². The molecule has 1 radical (unpaired) electrons. The molecule has 0 unspecified atom stereocenters. The molecule has 269 valence electrons. The standard InChI is InChI=1S/C24H34GeN.C21H19N2O.Ir/c1-18(2)14-22-16-24(26-17-23(22)25(3,4)5)21-13-9-12-20(15-21)19-10-7-6-8-11-19;1-21(2,3)13-14-9-11-22-18(12-14)17-7-4-6-15-16-8-5-10-23-20(16)24-19(15)17;/h9,12,15-19H,6-8,10-11,14H2,1-5H3;4-6,8-12H,13H2,1-3H3;/q2*-1;. The molecule has 1 aliphatic carbocycles. The maximum Gasteiger partial charge on any atom is 0 e. The van der Waals surface area contributed by atoms with Gasteiger partial charge in [0.1, 0.15) is 0 Å². The fraction of sp³-hybridized carbons (Fsp3) is 0.400. The summed E-state index contributed by atoms with van der Waals surface area (Å²) >= 11 is -1.91. The smallest absolute Gasteiger partial charge is 0 e. The average molecular weight is 917 g/mol. The fourth-order valence-electron chi connectivity index (χ4n) is 7.35. The molecule has 4 nitrogen and oxygen atoms in total. The van der Waals surface area contributed by atoms with Crippen molar-refractivity contribution in [3.8, 4) is 22.5 Å². The molecule has 1 saturated carbocycles. The largest absolute Gasteiger partial charge is 0 e. The molecule has 4 aromatic heterocycles. The van der Waals surface area contributed by atoms with E-state index in [4.69, 9.17) is 9.40 Å². The number of rotatable bonds is 7. The van der Waals surface area contributed by atoms with Crippen LogP contribution in [-0.4, -0.2) is 28.2 Å². The Morgan fingerprint density at radius 1 is 0.843 bits per heavy atom. The molecule has 6 heteroatoms. The van der Waals surface area contributed by atoms with E-state index < -0.39 is 13.3 Å².